The van der Waals surface area contributed by atoms with Crippen molar-refractivity contribution in [3.63, 3.8) is 0 Å². The van der Waals surface area contributed by atoms with E-state index in [-0.39, 0.29) is 16.6 Å². The minimum absolute atomic E-state index is 0.0393. The number of nitrogens with one attached hydrogen (secondary N) is 2. The molecule has 1 aliphatic heterocycles. The van der Waals surface area contributed by atoms with Gasteiger partial charge in [0.25, 0.3) is 0 Å². The van der Waals surface area contributed by atoms with Gasteiger partial charge in [-0.1, -0.05) is 30.3 Å². The molecule has 0 bridgehead atoms. The first-order valence-electron chi connectivity index (χ1n) is 11.8. The van der Waals surface area contributed by atoms with Crippen molar-refractivity contribution < 1.29 is 43.9 Å². The highest BCUT2D eigenvalue weighted by Crippen LogP contribution is 2.23. The zero-order valence-corrected chi connectivity index (χ0v) is 23.1. The zero-order chi connectivity index (χ0) is 30.6. The van der Waals surface area contributed by atoms with Gasteiger partial charge in [0.2, 0.25) is 15.9 Å². The SMILES string of the molecule is C[n+]1ccc(-c2ccc(S(=O)(=O)N[C@H]3CCN(Cc4cccc(C(=N)N)c4)C3=O)cc2)cc1.O=S(=O)([O-])C(F)(F)F. The molecule has 1 aromatic heterocycles. The number of nitrogens with zero attached hydrogens (tertiary/aromatic N) is 2. The monoisotopic (exact) mass is 613 g/mol. The van der Waals surface area contributed by atoms with Crippen molar-refractivity contribution in [3.05, 3.63) is 84.2 Å². The van der Waals surface area contributed by atoms with Crippen molar-refractivity contribution in [3.8, 4) is 11.1 Å². The molecule has 0 spiro atoms. The van der Waals surface area contributed by atoms with Gasteiger partial charge in [-0.2, -0.15) is 17.9 Å². The van der Waals surface area contributed by atoms with E-state index in [4.69, 9.17) is 24.1 Å². The Kier molecular flexibility index (Phi) is 9.53. The van der Waals surface area contributed by atoms with Crippen LogP contribution in [0.25, 0.3) is 11.1 Å². The first kappa shape index (κ1) is 31.7. The predicted molar refractivity (Wildman–Crippen MR) is 140 cm³/mol. The number of aryl methyl sites for hydroxylation is 1. The number of rotatable bonds is 7. The topological polar surface area (TPSA) is 177 Å². The molecule has 0 aliphatic carbocycles. The van der Waals surface area contributed by atoms with Crippen molar-refractivity contribution in [1.29, 1.82) is 5.41 Å². The Morgan fingerprint density at radius 1 is 1.07 bits per heavy atom. The highest BCUT2D eigenvalue weighted by atomic mass is 32.2. The van der Waals surface area contributed by atoms with Crippen LogP contribution in [0.3, 0.4) is 0 Å². The Hall–Kier alpha value is -3.86. The molecule has 1 amide bonds. The van der Waals surface area contributed by atoms with Crippen molar-refractivity contribution in [1.82, 2.24) is 9.62 Å². The van der Waals surface area contributed by atoms with Crippen LogP contribution in [0.2, 0.25) is 0 Å². The standard InChI is InChI=1S/C24H26N5O3S.CHF3O3S/c1-28-12-9-19(10-13-28)18-5-7-21(8-6-18)33(31,32)27-22-11-14-29(24(22)30)16-17-3-2-4-20(15-17)23(25)26;2-1(3,4)8(5,6)7/h2-10,12-13,15,22,27H,11,14,16H2,1H3,(H3,25,26);(H,5,6,7)/q+1;/p-1/t22-;/m0./s1. The molecule has 1 atom stereocenters. The molecule has 1 saturated heterocycles. The zero-order valence-electron chi connectivity index (χ0n) is 21.5. The second kappa shape index (κ2) is 12.3. The smallest absolute Gasteiger partial charge is 0.485 e. The summed E-state index contributed by atoms with van der Waals surface area (Å²) in [7, 11) is -8.00. The van der Waals surface area contributed by atoms with Crippen molar-refractivity contribution in [2.75, 3.05) is 6.54 Å². The lowest BCUT2D eigenvalue weighted by Crippen LogP contribution is -2.41. The number of amidine groups is 1. The van der Waals surface area contributed by atoms with Crippen LogP contribution in [0.15, 0.2) is 78.0 Å². The molecule has 1 aliphatic rings. The average Bonchev–Trinajstić information content (AvgIpc) is 3.22. The lowest BCUT2D eigenvalue weighted by atomic mass is 10.1. The molecule has 41 heavy (non-hydrogen) atoms. The number of benzene rings is 2. The lowest BCUT2D eigenvalue weighted by Gasteiger charge is -2.18. The van der Waals surface area contributed by atoms with Crippen LogP contribution in [0, 0.1) is 5.41 Å². The van der Waals surface area contributed by atoms with E-state index < -0.39 is 31.7 Å². The van der Waals surface area contributed by atoms with E-state index >= 15 is 0 Å². The maximum Gasteiger partial charge on any atom is 0.485 e. The third-order valence-electron chi connectivity index (χ3n) is 5.97. The summed E-state index contributed by atoms with van der Waals surface area (Å²) in [6.07, 6.45) is 4.24. The van der Waals surface area contributed by atoms with E-state index in [9.17, 15) is 26.4 Å². The molecule has 1 fully saturated rings. The molecule has 0 unspecified atom stereocenters. The number of sulfonamides is 1. The summed E-state index contributed by atoms with van der Waals surface area (Å²) in [6, 6.07) is 16.9. The minimum Gasteiger partial charge on any atom is -0.741 e. The Labute approximate surface area is 234 Å². The van der Waals surface area contributed by atoms with E-state index in [1.807, 2.05) is 42.2 Å². The third kappa shape index (κ3) is 8.32. The first-order chi connectivity index (χ1) is 19.0. The van der Waals surface area contributed by atoms with Gasteiger partial charge in [-0.25, -0.2) is 21.4 Å². The lowest BCUT2D eigenvalue weighted by molar-refractivity contribution is -0.671. The van der Waals surface area contributed by atoms with E-state index in [0.29, 0.717) is 25.1 Å². The molecular weight excluding hydrogens is 587 g/mol. The van der Waals surface area contributed by atoms with Gasteiger partial charge in [0.15, 0.2) is 22.5 Å². The summed E-state index contributed by atoms with van der Waals surface area (Å²) in [6.45, 7) is 0.780. The van der Waals surface area contributed by atoms with Gasteiger partial charge >= 0.3 is 5.51 Å². The fourth-order valence-corrected chi connectivity index (χ4v) is 5.06. The van der Waals surface area contributed by atoms with Crippen LogP contribution < -0.4 is 15.0 Å². The number of hydrogen-bond acceptors (Lipinski definition) is 7. The number of amides is 1. The van der Waals surface area contributed by atoms with Crippen molar-refractivity contribution >= 4 is 31.9 Å². The van der Waals surface area contributed by atoms with E-state index in [1.165, 1.54) is 0 Å². The Morgan fingerprint density at radius 3 is 2.17 bits per heavy atom. The maximum absolute atomic E-state index is 12.9. The first-order valence-corrected chi connectivity index (χ1v) is 14.7. The van der Waals surface area contributed by atoms with Gasteiger partial charge in [0.1, 0.15) is 18.9 Å². The number of hydrogen-bond donors (Lipinski definition) is 3. The number of likely N-dealkylation sites (tertiary alicyclic amines) is 1. The molecule has 2 aromatic carbocycles. The van der Waals surface area contributed by atoms with Crippen LogP contribution in [0.1, 0.15) is 17.5 Å². The molecule has 2 heterocycles. The number of carbonyl (C=O) groups is 1. The summed E-state index contributed by atoms with van der Waals surface area (Å²) in [5, 5.41) is 7.56. The average molecular weight is 614 g/mol. The van der Waals surface area contributed by atoms with E-state index in [0.717, 1.165) is 16.7 Å². The van der Waals surface area contributed by atoms with Crippen LogP contribution in [-0.4, -0.2) is 56.1 Å². The second-order valence-corrected chi connectivity index (χ2v) is 12.1. The predicted octanol–water partition coefficient (Wildman–Crippen LogP) is 1.59. The molecule has 4 N–H and O–H groups in total. The molecule has 16 heteroatoms. The number of alkyl halides is 3. The molecule has 11 nitrogen and oxygen atoms in total. The fraction of sp³-hybridized carbons (Fsp3) is 0.240. The fourth-order valence-electron chi connectivity index (χ4n) is 3.84. The summed E-state index contributed by atoms with van der Waals surface area (Å²) >= 11 is 0. The van der Waals surface area contributed by atoms with Gasteiger partial charge in [-0.15, -0.1) is 0 Å². The maximum atomic E-state index is 12.9. The summed E-state index contributed by atoms with van der Waals surface area (Å²) in [5.74, 6) is -0.303. The van der Waals surface area contributed by atoms with Crippen molar-refractivity contribution in [2.45, 2.75) is 29.4 Å². The number of pyridine rings is 1. The van der Waals surface area contributed by atoms with Crippen molar-refractivity contribution in [2.24, 2.45) is 12.8 Å². The summed E-state index contributed by atoms with van der Waals surface area (Å²) in [4.78, 5) is 14.6. The number of nitrogens with two attached hydrogens (primary N) is 1. The van der Waals surface area contributed by atoms with Crippen LogP contribution in [-0.2, 0) is 38.5 Å². The molecule has 220 valence electrons. The second-order valence-electron chi connectivity index (χ2n) is 9.01. The quantitative estimate of drug-likeness (QED) is 0.119. The van der Waals surface area contributed by atoms with Crippen LogP contribution in [0.5, 0.6) is 0 Å². The van der Waals surface area contributed by atoms with Gasteiger partial charge in [0.05, 0.1) is 4.90 Å². The summed E-state index contributed by atoms with van der Waals surface area (Å²) in [5.41, 5.74) is 3.21. The minimum atomic E-state index is -6.09. The molecule has 4 rings (SSSR count). The van der Waals surface area contributed by atoms with Crippen LogP contribution in [0.4, 0.5) is 13.2 Å². The normalized spacial score (nSPS) is 15.8. The molecule has 0 radical (unpaired) electrons. The highest BCUT2D eigenvalue weighted by Gasteiger charge is 2.37. The molecular formula is C25H26F3N5O6S2. The number of carbonyl (C=O) groups excluding carboxylic acids is 1. The summed E-state index contributed by atoms with van der Waals surface area (Å²) < 4.78 is 89.2. The number of halogens is 3. The van der Waals surface area contributed by atoms with Gasteiger partial charge < -0.3 is 15.2 Å². The third-order valence-corrected chi connectivity index (χ3v) is 8.02. The van der Waals surface area contributed by atoms with E-state index in [2.05, 4.69) is 4.72 Å². The van der Waals surface area contributed by atoms with Gasteiger partial charge in [-0.3, -0.25) is 10.2 Å². The Morgan fingerprint density at radius 2 is 1.63 bits per heavy atom. The number of nitrogen functional groups attached to an aromatic ring is 1. The highest BCUT2D eigenvalue weighted by molar-refractivity contribution is 7.89. The molecule has 0 saturated carbocycles. The van der Waals surface area contributed by atoms with Gasteiger partial charge in [-0.05, 0) is 41.3 Å². The molecule has 3 aromatic rings. The number of aromatic nitrogens is 1. The van der Waals surface area contributed by atoms with Crippen LogP contribution >= 0.6 is 0 Å². The van der Waals surface area contributed by atoms with Gasteiger partial charge in [0, 0.05) is 30.8 Å². The van der Waals surface area contributed by atoms with E-state index in [1.54, 1.807) is 47.4 Å². The Balaban J connectivity index is 0.000000507. The Bertz CT molecular complexity index is 1630. The largest absolute Gasteiger partial charge is 0.741 e.